The van der Waals surface area contributed by atoms with Crippen molar-refractivity contribution >= 4 is 26.0 Å². The fourth-order valence-corrected chi connectivity index (χ4v) is 3.00. The lowest BCUT2D eigenvalue weighted by Crippen LogP contribution is -2.25. The van der Waals surface area contributed by atoms with Crippen molar-refractivity contribution in [2.75, 3.05) is 6.54 Å². The van der Waals surface area contributed by atoms with E-state index in [0.29, 0.717) is 26.1 Å². The van der Waals surface area contributed by atoms with Crippen molar-refractivity contribution in [1.29, 1.82) is 0 Å². The zero-order chi connectivity index (χ0) is 14.6. The second kappa shape index (κ2) is 6.51. The van der Waals surface area contributed by atoms with Crippen LogP contribution in [0.3, 0.4) is 0 Å². The molecule has 2 aromatic heterocycles. The Morgan fingerprint density at radius 3 is 2.60 bits per heavy atom. The van der Waals surface area contributed by atoms with Gasteiger partial charge in [0.15, 0.2) is 0 Å². The van der Waals surface area contributed by atoms with Crippen LogP contribution in [0.25, 0.3) is 0 Å². The summed E-state index contributed by atoms with van der Waals surface area (Å²) in [6.07, 6.45) is 7.09. The lowest BCUT2D eigenvalue weighted by Gasteiger charge is -2.04. The molecule has 0 fully saturated rings. The van der Waals surface area contributed by atoms with Crippen LogP contribution < -0.4 is 4.72 Å². The zero-order valence-electron chi connectivity index (χ0n) is 11.0. The SMILES string of the molecule is CCn1cc(S(=O)(=O)NCCCn2cc(Br)cn2)cn1. The first kappa shape index (κ1) is 15.2. The minimum absolute atomic E-state index is 0.196. The molecule has 9 heteroatoms. The Morgan fingerprint density at radius 1 is 1.25 bits per heavy atom. The van der Waals surface area contributed by atoms with Crippen molar-refractivity contribution in [3.8, 4) is 0 Å². The Labute approximate surface area is 126 Å². The predicted octanol–water partition coefficient (Wildman–Crippen LogP) is 1.23. The van der Waals surface area contributed by atoms with Gasteiger partial charge in [0, 0.05) is 32.0 Å². The molecular formula is C11H16BrN5O2S. The summed E-state index contributed by atoms with van der Waals surface area (Å²) in [7, 11) is -3.47. The molecule has 0 saturated carbocycles. The van der Waals surface area contributed by atoms with E-state index in [4.69, 9.17) is 0 Å². The summed E-state index contributed by atoms with van der Waals surface area (Å²) in [5, 5.41) is 8.06. The molecule has 0 aliphatic heterocycles. The molecule has 2 heterocycles. The van der Waals surface area contributed by atoms with Gasteiger partial charge in [-0.3, -0.25) is 9.36 Å². The van der Waals surface area contributed by atoms with E-state index in [1.54, 1.807) is 15.6 Å². The maximum Gasteiger partial charge on any atom is 0.243 e. The molecule has 2 aromatic rings. The highest BCUT2D eigenvalue weighted by Crippen LogP contribution is 2.08. The molecule has 0 saturated heterocycles. The van der Waals surface area contributed by atoms with E-state index in [2.05, 4.69) is 30.8 Å². The molecule has 0 aliphatic rings. The van der Waals surface area contributed by atoms with Crippen molar-refractivity contribution in [3.63, 3.8) is 0 Å². The van der Waals surface area contributed by atoms with Crippen LogP contribution in [0.1, 0.15) is 13.3 Å². The highest BCUT2D eigenvalue weighted by atomic mass is 79.9. The van der Waals surface area contributed by atoms with Crippen molar-refractivity contribution < 1.29 is 8.42 Å². The summed E-state index contributed by atoms with van der Waals surface area (Å²) in [5.41, 5.74) is 0. The standard InChI is InChI=1S/C11H16BrN5O2S/c1-2-16-9-11(7-14-16)20(18,19)15-4-3-5-17-8-10(12)6-13-17/h6-9,15H,2-5H2,1H3. The van der Waals surface area contributed by atoms with Gasteiger partial charge >= 0.3 is 0 Å². The smallest absolute Gasteiger partial charge is 0.243 e. The molecule has 7 nitrogen and oxygen atoms in total. The Kier molecular flexibility index (Phi) is 4.95. The Balaban J connectivity index is 1.83. The van der Waals surface area contributed by atoms with E-state index in [9.17, 15) is 8.42 Å². The Hall–Kier alpha value is -1.19. The number of nitrogens with zero attached hydrogens (tertiary/aromatic N) is 4. The van der Waals surface area contributed by atoms with Gasteiger partial charge in [0.05, 0.1) is 16.9 Å². The molecule has 0 aromatic carbocycles. The average Bonchev–Trinajstić information content (AvgIpc) is 3.03. The van der Waals surface area contributed by atoms with Gasteiger partial charge in [-0.05, 0) is 29.3 Å². The fourth-order valence-electron chi connectivity index (χ4n) is 1.65. The number of halogens is 1. The summed E-state index contributed by atoms with van der Waals surface area (Å²) in [5.74, 6) is 0. The topological polar surface area (TPSA) is 81.8 Å². The van der Waals surface area contributed by atoms with Gasteiger partial charge in [-0.25, -0.2) is 13.1 Å². The summed E-state index contributed by atoms with van der Waals surface area (Å²) < 4.78 is 30.8. The second-order valence-electron chi connectivity index (χ2n) is 4.20. The van der Waals surface area contributed by atoms with Crippen LogP contribution in [-0.2, 0) is 23.1 Å². The Morgan fingerprint density at radius 2 is 2.00 bits per heavy atom. The summed E-state index contributed by atoms with van der Waals surface area (Å²) in [6.45, 7) is 3.56. The average molecular weight is 362 g/mol. The molecule has 1 N–H and O–H groups in total. The van der Waals surface area contributed by atoms with Crippen molar-refractivity contribution in [1.82, 2.24) is 24.3 Å². The molecule has 110 valence electrons. The van der Waals surface area contributed by atoms with Gasteiger partial charge in [0.2, 0.25) is 10.0 Å². The maximum atomic E-state index is 12.0. The van der Waals surface area contributed by atoms with Gasteiger partial charge in [0.25, 0.3) is 0 Å². The number of hydrogen-bond acceptors (Lipinski definition) is 4. The molecule has 0 spiro atoms. The van der Waals surface area contributed by atoms with E-state index in [1.807, 2.05) is 13.1 Å². The van der Waals surface area contributed by atoms with Gasteiger partial charge in [0.1, 0.15) is 4.90 Å². The first-order valence-electron chi connectivity index (χ1n) is 6.21. The summed E-state index contributed by atoms with van der Waals surface area (Å²) in [6, 6.07) is 0. The lowest BCUT2D eigenvalue weighted by molar-refractivity contribution is 0.552. The van der Waals surface area contributed by atoms with E-state index < -0.39 is 10.0 Å². The minimum atomic E-state index is -3.47. The zero-order valence-corrected chi connectivity index (χ0v) is 13.4. The number of aryl methyl sites for hydroxylation is 2. The van der Waals surface area contributed by atoms with Gasteiger partial charge in [-0.15, -0.1) is 0 Å². The first-order chi connectivity index (χ1) is 9.51. The maximum absolute atomic E-state index is 12.0. The predicted molar refractivity (Wildman–Crippen MR) is 77.6 cm³/mol. The van der Waals surface area contributed by atoms with Crippen LogP contribution in [0.4, 0.5) is 0 Å². The first-order valence-corrected chi connectivity index (χ1v) is 8.49. The highest BCUT2D eigenvalue weighted by molar-refractivity contribution is 9.10. The van der Waals surface area contributed by atoms with Crippen LogP contribution in [0.2, 0.25) is 0 Å². The van der Waals surface area contributed by atoms with Gasteiger partial charge in [-0.2, -0.15) is 10.2 Å². The van der Waals surface area contributed by atoms with Gasteiger partial charge in [-0.1, -0.05) is 0 Å². The van der Waals surface area contributed by atoms with Crippen LogP contribution >= 0.6 is 15.9 Å². The third-order valence-corrected chi connectivity index (χ3v) is 4.53. The van der Waals surface area contributed by atoms with E-state index in [0.717, 1.165) is 4.47 Å². The third-order valence-electron chi connectivity index (χ3n) is 2.70. The van der Waals surface area contributed by atoms with Crippen molar-refractivity contribution in [2.45, 2.75) is 31.3 Å². The number of sulfonamides is 1. The van der Waals surface area contributed by atoms with E-state index >= 15 is 0 Å². The highest BCUT2D eigenvalue weighted by Gasteiger charge is 2.15. The Bertz CT molecular complexity index is 664. The molecule has 0 amide bonds. The largest absolute Gasteiger partial charge is 0.272 e. The molecule has 0 atom stereocenters. The van der Waals surface area contributed by atoms with E-state index in [-0.39, 0.29) is 4.90 Å². The molecule has 0 aliphatic carbocycles. The molecule has 0 unspecified atom stereocenters. The van der Waals surface area contributed by atoms with Crippen molar-refractivity contribution in [2.24, 2.45) is 0 Å². The number of rotatable bonds is 7. The lowest BCUT2D eigenvalue weighted by atomic mass is 10.4. The third kappa shape index (κ3) is 3.90. The molecule has 0 bridgehead atoms. The number of hydrogen-bond donors (Lipinski definition) is 1. The molecular weight excluding hydrogens is 346 g/mol. The normalized spacial score (nSPS) is 11.9. The van der Waals surface area contributed by atoms with Crippen LogP contribution in [0, 0.1) is 0 Å². The molecule has 2 rings (SSSR count). The fraction of sp³-hybridized carbons (Fsp3) is 0.455. The summed E-state index contributed by atoms with van der Waals surface area (Å²) >= 11 is 3.31. The number of nitrogens with one attached hydrogen (secondary N) is 1. The monoisotopic (exact) mass is 361 g/mol. The van der Waals surface area contributed by atoms with Gasteiger partial charge < -0.3 is 0 Å². The van der Waals surface area contributed by atoms with Crippen molar-refractivity contribution in [3.05, 3.63) is 29.3 Å². The second-order valence-corrected chi connectivity index (χ2v) is 6.89. The minimum Gasteiger partial charge on any atom is -0.272 e. The van der Waals surface area contributed by atoms with E-state index in [1.165, 1.54) is 12.4 Å². The molecule has 0 radical (unpaired) electrons. The number of aromatic nitrogens is 4. The van der Waals surface area contributed by atoms with Crippen LogP contribution in [0.5, 0.6) is 0 Å². The van der Waals surface area contributed by atoms with Crippen LogP contribution in [0.15, 0.2) is 34.2 Å². The quantitative estimate of drug-likeness (QED) is 0.752. The van der Waals surface area contributed by atoms with Crippen LogP contribution in [-0.4, -0.2) is 34.5 Å². The molecule has 20 heavy (non-hydrogen) atoms. The summed E-state index contributed by atoms with van der Waals surface area (Å²) in [4.78, 5) is 0.196.